The lowest BCUT2D eigenvalue weighted by Crippen LogP contribution is -2.28. The molecule has 0 spiro atoms. The minimum atomic E-state index is -0.459. The number of hydrogen-bond acceptors (Lipinski definition) is 6. The molecular weight excluding hydrogens is 384 g/mol. The van der Waals surface area contributed by atoms with E-state index in [4.69, 9.17) is 9.26 Å². The Bertz CT molecular complexity index is 1110. The molecular formula is C22H22N4O4. The standard InChI is InChI=1S/C22H22N4O4/c1-13-7-8-19(29-3)18(9-13)24-22(28)16-11-20(27)26(12-16)17-6-4-5-15(10-17)21-23-14(2)30-25-21/h4-10,16H,11-12H2,1-3H3,(H,24,28)/t16-/m1/s1. The molecule has 30 heavy (non-hydrogen) atoms. The zero-order valence-electron chi connectivity index (χ0n) is 17.0. The molecule has 0 radical (unpaired) electrons. The van der Waals surface area contributed by atoms with Gasteiger partial charge in [-0.25, -0.2) is 0 Å². The molecule has 0 bridgehead atoms. The maximum atomic E-state index is 12.8. The molecule has 1 aliphatic rings. The molecule has 0 unspecified atom stereocenters. The van der Waals surface area contributed by atoms with Gasteiger partial charge in [0.05, 0.1) is 18.7 Å². The van der Waals surface area contributed by atoms with Crippen molar-refractivity contribution >= 4 is 23.2 Å². The second-order valence-electron chi connectivity index (χ2n) is 7.29. The van der Waals surface area contributed by atoms with Gasteiger partial charge in [-0.3, -0.25) is 9.59 Å². The van der Waals surface area contributed by atoms with Gasteiger partial charge in [-0.2, -0.15) is 4.98 Å². The molecule has 1 aromatic heterocycles. The van der Waals surface area contributed by atoms with E-state index in [0.717, 1.165) is 11.1 Å². The average molecular weight is 406 g/mol. The maximum Gasteiger partial charge on any atom is 0.229 e. The number of carbonyl (C=O) groups is 2. The van der Waals surface area contributed by atoms with Crippen molar-refractivity contribution in [1.29, 1.82) is 0 Å². The number of rotatable bonds is 5. The van der Waals surface area contributed by atoms with Crippen LogP contribution < -0.4 is 15.0 Å². The van der Waals surface area contributed by atoms with Crippen molar-refractivity contribution in [2.45, 2.75) is 20.3 Å². The summed E-state index contributed by atoms with van der Waals surface area (Å²) < 4.78 is 10.4. The number of anilines is 2. The molecule has 0 saturated carbocycles. The summed E-state index contributed by atoms with van der Waals surface area (Å²) in [7, 11) is 1.55. The first kappa shape index (κ1) is 19.6. The van der Waals surface area contributed by atoms with Gasteiger partial charge in [0.25, 0.3) is 0 Å². The Hall–Kier alpha value is -3.68. The van der Waals surface area contributed by atoms with Gasteiger partial charge in [0, 0.05) is 31.1 Å². The molecule has 0 aliphatic carbocycles. The van der Waals surface area contributed by atoms with Crippen molar-refractivity contribution in [2.75, 3.05) is 23.9 Å². The van der Waals surface area contributed by atoms with E-state index in [-0.39, 0.29) is 18.2 Å². The molecule has 1 saturated heterocycles. The predicted octanol–water partition coefficient (Wildman–Crippen LogP) is 3.35. The van der Waals surface area contributed by atoms with Gasteiger partial charge >= 0.3 is 0 Å². The molecule has 154 valence electrons. The molecule has 2 heterocycles. The summed E-state index contributed by atoms with van der Waals surface area (Å²) in [6.07, 6.45) is 0.144. The highest BCUT2D eigenvalue weighted by molar-refractivity contribution is 6.04. The van der Waals surface area contributed by atoms with Crippen LogP contribution >= 0.6 is 0 Å². The summed E-state index contributed by atoms with van der Waals surface area (Å²) >= 11 is 0. The summed E-state index contributed by atoms with van der Waals surface area (Å²) in [5.74, 6) is 0.738. The lowest BCUT2D eigenvalue weighted by atomic mass is 10.1. The number of amides is 2. The smallest absolute Gasteiger partial charge is 0.229 e. The summed E-state index contributed by atoms with van der Waals surface area (Å²) in [6, 6.07) is 12.9. The third-order valence-electron chi connectivity index (χ3n) is 5.05. The molecule has 1 atom stereocenters. The maximum absolute atomic E-state index is 12.8. The van der Waals surface area contributed by atoms with Crippen LogP contribution in [0.1, 0.15) is 17.9 Å². The van der Waals surface area contributed by atoms with Crippen LogP contribution in [0.2, 0.25) is 0 Å². The van der Waals surface area contributed by atoms with Crippen molar-refractivity contribution < 1.29 is 18.8 Å². The van der Waals surface area contributed by atoms with Crippen molar-refractivity contribution in [3.63, 3.8) is 0 Å². The Morgan fingerprint density at radius 2 is 2.07 bits per heavy atom. The number of carbonyl (C=O) groups excluding carboxylic acids is 2. The highest BCUT2D eigenvalue weighted by atomic mass is 16.5. The van der Waals surface area contributed by atoms with Crippen LogP contribution in [0.3, 0.4) is 0 Å². The van der Waals surface area contributed by atoms with E-state index in [2.05, 4.69) is 15.5 Å². The SMILES string of the molecule is COc1ccc(C)cc1NC(=O)[C@@H]1CC(=O)N(c2cccc(-c3noc(C)n3)c2)C1. The van der Waals surface area contributed by atoms with Gasteiger partial charge in [-0.15, -0.1) is 0 Å². The molecule has 1 fully saturated rings. The lowest BCUT2D eigenvalue weighted by Gasteiger charge is -2.18. The fourth-order valence-electron chi connectivity index (χ4n) is 3.52. The van der Waals surface area contributed by atoms with E-state index in [1.54, 1.807) is 18.9 Å². The van der Waals surface area contributed by atoms with Crippen molar-refractivity contribution in [2.24, 2.45) is 5.92 Å². The lowest BCUT2D eigenvalue weighted by molar-refractivity contribution is -0.122. The zero-order valence-corrected chi connectivity index (χ0v) is 17.0. The van der Waals surface area contributed by atoms with Crippen LogP contribution in [-0.2, 0) is 9.59 Å². The number of nitrogens with zero attached hydrogens (tertiary/aromatic N) is 3. The van der Waals surface area contributed by atoms with Crippen LogP contribution in [0.25, 0.3) is 11.4 Å². The predicted molar refractivity (Wildman–Crippen MR) is 111 cm³/mol. The Balaban J connectivity index is 1.51. The van der Waals surface area contributed by atoms with E-state index in [1.807, 2.05) is 49.4 Å². The van der Waals surface area contributed by atoms with Crippen molar-refractivity contribution in [3.05, 3.63) is 53.9 Å². The zero-order chi connectivity index (χ0) is 21.3. The first-order valence-corrected chi connectivity index (χ1v) is 9.61. The normalized spacial score (nSPS) is 16.0. The number of aromatic nitrogens is 2. The molecule has 2 aromatic carbocycles. The average Bonchev–Trinajstić information content (AvgIpc) is 3.34. The molecule has 1 N–H and O–H groups in total. The topological polar surface area (TPSA) is 97.6 Å². The Morgan fingerprint density at radius 1 is 1.23 bits per heavy atom. The van der Waals surface area contributed by atoms with Crippen LogP contribution in [0, 0.1) is 19.8 Å². The second kappa shape index (κ2) is 7.98. The molecule has 3 aromatic rings. The van der Waals surface area contributed by atoms with Gasteiger partial charge in [0.1, 0.15) is 5.75 Å². The molecule has 2 amide bonds. The monoisotopic (exact) mass is 406 g/mol. The Morgan fingerprint density at radius 3 is 2.80 bits per heavy atom. The summed E-state index contributed by atoms with van der Waals surface area (Å²) in [6.45, 7) is 3.96. The van der Waals surface area contributed by atoms with Crippen LogP contribution in [0.5, 0.6) is 5.75 Å². The summed E-state index contributed by atoms with van der Waals surface area (Å²) in [5, 5.41) is 6.82. The van der Waals surface area contributed by atoms with Crippen LogP contribution in [-0.4, -0.2) is 35.6 Å². The quantitative estimate of drug-likeness (QED) is 0.698. The molecule has 8 nitrogen and oxygen atoms in total. The van der Waals surface area contributed by atoms with Gasteiger partial charge in [0.2, 0.25) is 23.5 Å². The Kier molecular flexibility index (Phi) is 5.22. The fraction of sp³-hybridized carbons (Fsp3) is 0.273. The minimum absolute atomic E-state index is 0.104. The fourth-order valence-corrected chi connectivity index (χ4v) is 3.52. The first-order chi connectivity index (χ1) is 14.4. The second-order valence-corrected chi connectivity index (χ2v) is 7.29. The van der Waals surface area contributed by atoms with E-state index < -0.39 is 5.92 Å². The molecule has 1 aliphatic heterocycles. The summed E-state index contributed by atoms with van der Waals surface area (Å²) in [4.78, 5) is 31.3. The largest absolute Gasteiger partial charge is 0.495 e. The number of benzene rings is 2. The number of ether oxygens (including phenoxy) is 1. The van der Waals surface area contributed by atoms with Gasteiger partial charge in [0.15, 0.2) is 0 Å². The van der Waals surface area contributed by atoms with Crippen molar-refractivity contribution in [3.8, 4) is 17.1 Å². The van der Waals surface area contributed by atoms with Crippen molar-refractivity contribution in [1.82, 2.24) is 10.1 Å². The van der Waals surface area contributed by atoms with Gasteiger partial charge in [-0.1, -0.05) is 23.4 Å². The third kappa shape index (κ3) is 3.89. The number of nitrogens with one attached hydrogen (secondary N) is 1. The molecule has 8 heteroatoms. The number of hydrogen-bond donors (Lipinski definition) is 1. The van der Waals surface area contributed by atoms with E-state index in [1.165, 1.54) is 0 Å². The van der Waals surface area contributed by atoms with Gasteiger partial charge in [-0.05, 0) is 36.8 Å². The molecule has 4 rings (SSSR count). The van der Waals surface area contributed by atoms with E-state index >= 15 is 0 Å². The van der Waals surface area contributed by atoms with Gasteiger partial charge < -0.3 is 19.5 Å². The highest BCUT2D eigenvalue weighted by Gasteiger charge is 2.35. The highest BCUT2D eigenvalue weighted by Crippen LogP contribution is 2.30. The van der Waals surface area contributed by atoms with Crippen LogP contribution in [0.15, 0.2) is 47.0 Å². The van der Waals surface area contributed by atoms with E-state index in [0.29, 0.717) is 35.4 Å². The van der Waals surface area contributed by atoms with E-state index in [9.17, 15) is 9.59 Å². The summed E-state index contributed by atoms with van der Waals surface area (Å²) in [5.41, 5.74) is 3.05. The minimum Gasteiger partial charge on any atom is -0.495 e. The number of aryl methyl sites for hydroxylation is 2. The first-order valence-electron chi connectivity index (χ1n) is 9.61. The van der Waals surface area contributed by atoms with Crippen LogP contribution in [0.4, 0.5) is 11.4 Å². The Labute approximate surface area is 173 Å². The third-order valence-corrected chi connectivity index (χ3v) is 5.05. The number of methoxy groups -OCH3 is 1.